The molecule has 0 atom stereocenters. The quantitative estimate of drug-likeness (QED) is 0.134. The lowest BCUT2D eigenvalue weighted by atomic mass is 10.1. The van der Waals surface area contributed by atoms with Gasteiger partial charge in [0.05, 0.1) is 0 Å². The molecule has 0 radical (unpaired) electrons. The monoisotopic (exact) mass is 465 g/mol. The maximum Gasteiger partial charge on any atom is 0.219 e. The van der Waals surface area contributed by atoms with Gasteiger partial charge in [0.15, 0.2) is 0 Å². The molecule has 0 saturated carbocycles. The summed E-state index contributed by atoms with van der Waals surface area (Å²) in [7, 11) is 0. The van der Waals surface area contributed by atoms with E-state index in [-0.39, 0.29) is 18.4 Å². The fourth-order valence-electron chi connectivity index (χ4n) is 3.72. The van der Waals surface area contributed by atoms with E-state index in [9.17, 15) is 9.59 Å². The summed E-state index contributed by atoms with van der Waals surface area (Å²) in [6.45, 7) is 11.6. The van der Waals surface area contributed by atoms with Crippen LogP contribution in [0.4, 0.5) is 0 Å². The van der Waals surface area contributed by atoms with Crippen LogP contribution in [0.25, 0.3) is 0 Å². The summed E-state index contributed by atoms with van der Waals surface area (Å²) in [6, 6.07) is 0. The van der Waals surface area contributed by atoms with Gasteiger partial charge in [-0.1, -0.05) is 37.8 Å². The van der Waals surface area contributed by atoms with Crippen molar-refractivity contribution in [3.8, 4) is 0 Å². The van der Waals surface area contributed by atoms with Crippen molar-refractivity contribution in [2.45, 2.75) is 96.3 Å². The molecule has 0 heterocycles. The zero-order valence-corrected chi connectivity index (χ0v) is 21.1. The lowest BCUT2D eigenvalue weighted by Gasteiger charge is -2.22. The minimum absolute atomic E-state index is 0.143. The average Bonchev–Trinajstić information content (AvgIpc) is 2.81. The zero-order valence-electron chi connectivity index (χ0n) is 21.1. The molecular weight excluding hydrogens is 414 g/mol. The molecule has 0 fully saturated rings. The van der Waals surface area contributed by atoms with Gasteiger partial charge in [-0.3, -0.25) is 9.59 Å². The van der Waals surface area contributed by atoms with Crippen molar-refractivity contribution in [3.05, 3.63) is 25.3 Å². The second-order valence-corrected chi connectivity index (χ2v) is 8.81. The van der Waals surface area contributed by atoms with E-state index in [2.05, 4.69) is 28.7 Å². The normalized spacial score (nSPS) is 10.8. The van der Waals surface area contributed by atoms with E-state index in [0.717, 1.165) is 103 Å². The molecule has 0 saturated heterocycles. The standard InChI is InChI=1S/C27H51N3O3/c1-3-5-7-9-11-13-18-26(32)28-20-15-22-30(24-17-25-31)23-16-21-29-27(33)19-14-12-10-8-6-4-2/h3-4,31H,1-2,5-25H2,(H,28,32)(H,29,33). The first-order valence-corrected chi connectivity index (χ1v) is 13.2. The van der Waals surface area contributed by atoms with E-state index >= 15 is 0 Å². The van der Waals surface area contributed by atoms with Crippen molar-refractivity contribution in [1.82, 2.24) is 15.5 Å². The average molecular weight is 466 g/mol. The fraction of sp³-hybridized carbons (Fsp3) is 0.778. The summed E-state index contributed by atoms with van der Waals surface area (Å²) in [4.78, 5) is 26.2. The van der Waals surface area contributed by atoms with Gasteiger partial charge in [-0.25, -0.2) is 0 Å². The van der Waals surface area contributed by atoms with Crippen molar-refractivity contribution in [3.63, 3.8) is 0 Å². The molecule has 3 N–H and O–H groups in total. The van der Waals surface area contributed by atoms with Crippen molar-refractivity contribution in [2.75, 3.05) is 39.3 Å². The molecule has 33 heavy (non-hydrogen) atoms. The fourth-order valence-corrected chi connectivity index (χ4v) is 3.72. The van der Waals surface area contributed by atoms with E-state index < -0.39 is 0 Å². The Kier molecular flexibility index (Phi) is 23.7. The van der Waals surface area contributed by atoms with Crippen LogP contribution >= 0.6 is 0 Å². The molecule has 0 aliphatic carbocycles. The van der Waals surface area contributed by atoms with E-state index in [0.29, 0.717) is 25.9 Å². The first kappa shape index (κ1) is 31.3. The Morgan fingerprint density at radius 1 is 0.636 bits per heavy atom. The maximum absolute atomic E-state index is 11.9. The largest absolute Gasteiger partial charge is 0.396 e. The molecule has 192 valence electrons. The number of rotatable bonds is 25. The smallest absolute Gasteiger partial charge is 0.219 e. The Balaban J connectivity index is 3.80. The number of amides is 2. The highest BCUT2D eigenvalue weighted by Crippen LogP contribution is 2.06. The molecule has 0 aliphatic rings. The Morgan fingerprint density at radius 3 is 1.48 bits per heavy atom. The SMILES string of the molecule is C=CCCCCCCC(=O)NCCCN(CCCO)CCCNC(=O)CCCCCCC=C. The zero-order chi connectivity index (χ0) is 24.4. The van der Waals surface area contributed by atoms with E-state index in [1.807, 2.05) is 12.2 Å². The van der Waals surface area contributed by atoms with Crippen molar-refractivity contribution in [1.29, 1.82) is 0 Å². The van der Waals surface area contributed by atoms with Crippen LogP contribution in [-0.4, -0.2) is 61.2 Å². The number of nitrogens with zero attached hydrogens (tertiary/aromatic N) is 1. The van der Waals surface area contributed by atoms with Gasteiger partial charge < -0.3 is 20.6 Å². The van der Waals surface area contributed by atoms with Crippen LogP contribution in [0, 0.1) is 0 Å². The third-order valence-electron chi connectivity index (χ3n) is 5.70. The predicted octanol–water partition coefficient (Wildman–Crippen LogP) is 4.74. The molecule has 0 aliphatic heterocycles. The summed E-state index contributed by atoms with van der Waals surface area (Å²) in [5.41, 5.74) is 0. The molecule has 2 amide bonds. The van der Waals surface area contributed by atoms with Crippen LogP contribution in [0.5, 0.6) is 0 Å². The van der Waals surface area contributed by atoms with Gasteiger partial charge in [-0.05, 0) is 70.9 Å². The number of carbonyl (C=O) groups excluding carboxylic acids is 2. The summed E-state index contributed by atoms with van der Waals surface area (Å²) >= 11 is 0. The molecule has 6 heteroatoms. The molecule has 0 unspecified atom stereocenters. The Morgan fingerprint density at radius 2 is 1.06 bits per heavy atom. The second-order valence-electron chi connectivity index (χ2n) is 8.81. The van der Waals surface area contributed by atoms with Gasteiger partial charge >= 0.3 is 0 Å². The third kappa shape index (κ3) is 23.3. The molecule has 0 aromatic carbocycles. The molecule has 0 bridgehead atoms. The van der Waals surface area contributed by atoms with Gasteiger partial charge in [0.25, 0.3) is 0 Å². The summed E-state index contributed by atoms with van der Waals surface area (Å²) in [5.74, 6) is 0.285. The number of hydrogen-bond donors (Lipinski definition) is 3. The predicted molar refractivity (Wildman–Crippen MR) is 139 cm³/mol. The highest BCUT2D eigenvalue weighted by atomic mass is 16.3. The van der Waals surface area contributed by atoms with E-state index in [4.69, 9.17) is 5.11 Å². The Labute approximate surface area is 203 Å². The van der Waals surface area contributed by atoms with Crippen LogP contribution in [0.15, 0.2) is 25.3 Å². The first-order valence-electron chi connectivity index (χ1n) is 13.2. The van der Waals surface area contributed by atoms with Gasteiger partial charge in [-0.15, -0.1) is 13.2 Å². The van der Waals surface area contributed by atoms with Gasteiger partial charge in [-0.2, -0.15) is 0 Å². The Bertz CT molecular complexity index is 457. The number of unbranched alkanes of at least 4 members (excludes halogenated alkanes) is 8. The number of allylic oxidation sites excluding steroid dienone is 2. The highest BCUT2D eigenvalue weighted by molar-refractivity contribution is 5.76. The molecule has 0 aromatic rings. The Hall–Kier alpha value is -1.66. The first-order chi connectivity index (χ1) is 16.1. The molecular formula is C27H51N3O3. The van der Waals surface area contributed by atoms with E-state index in [1.165, 1.54) is 0 Å². The lowest BCUT2D eigenvalue weighted by Crippen LogP contribution is -2.33. The lowest BCUT2D eigenvalue weighted by molar-refractivity contribution is -0.122. The minimum Gasteiger partial charge on any atom is -0.396 e. The van der Waals surface area contributed by atoms with Crippen LogP contribution in [0.2, 0.25) is 0 Å². The van der Waals surface area contributed by atoms with Crippen LogP contribution in [-0.2, 0) is 9.59 Å². The number of aliphatic hydroxyl groups is 1. The molecule has 0 spiro atoms. The van der Waals surface area contributed by atoms with Gasteiger partial charge in [0, 0.05) is 39.1 Å². The molecule has 6 nitrogen and oxygen atoms in total. The number of nitrogens with one attached hydrogen (secondary N) is 2. The van der Waals surface area contributed by atoms with Crippen molar-refractivity contribution >= 4 is 11.8 Å². The van der Waals surface area contributed by atoms with E-state index in [1.54, 1.807) is 0 Å². The number of carbonyl (C=O) groups is 2. The number of hydrogen-bond acceptors (Lipinski definition) is 4. The number of aliphatic hydroxyl groups excluding tert-OH is 1. The second kappa shape index (κ2) is 25.0. The topological polar surface area (TPSA) is 81.7 Å². The maximum atomic E-state index is 11.9. The van der Waals surface area contributed by atoms with Crippen molar-refractivity contribution < 1.29 is 14.7 Å². The molecule has 0 rings (SSSR count). The summed E-state index contributed by atoms with van der Waals surface area (Å²) in [6.07, 6.45) is 18.5. The minimum atomic E-state index is 0.143. The van der Waals surface area contributed by atoms with Crippen molar-refractivity contribution in [2.24, 2.45) is 0 Å². The highest BCUT2D eigenvalue weighted by Gasteiger charge is 2.07. The van der Waals surface area contributed by atoms with Gasteiger partial charge in [0.2, 0.25) is 11.8 Å². The van der Waals surface area contributed by atoms with Crippen LogP contribution in [0.1, 0.15) is 96.3 Å². The summed E-state index contributed by atoms with van der Waals surface area (Å²) < 4.78 is 0. The van der Waals surface area contributed by atoms with Crippen LogP contribution in [0.3, 0.4) is 0 Å². The van der Waals surface area contributed by atoms with Gasteiger partial charge in [0.1, 0.15) is 0 Å². The summed E-state index contributed by atoms with van der Waals surface area (Å²) in [5, 5.41) is 15.2. The third-order valence-corrected chi connectivity index (χ3v) is 5.70. The van der Waals surface area contributed by atoms with Crippen LogP contribution < -0.4 is 10.6 Å². The molecule has 0 aromatic heterocycles.